The Bertz CT molecular complexity index is 324. The van der Waals surface area contributed by atoms with E-state index in [0.29, 0.717) is 10.2 Å². The summed E-state index contributed by atoms with van der Waals surface area (Å²) >= 11 is 11.9. The van der Waals surface area contributed by atoms with E-state index in [1.54, 1.807) is 6.20 Å². The number of nitrogens with one attached hydrogen (secondary N) is 1. The maximum Gasteiger partial charge on any atom is 0.131 e. The lowest BCUT2D eigenvalue weighted by Gasteiger charge is -2.30. The molecule has 0 radical (unpaired) electrons. The average molecular weight is 232 g/mol. The van der Waals surface area contributed by atoms with E-state index in [2.05, 4.69) is 15.2 Å². The van der Waals surface area contributed by atoms with Crippen molar-refractivity contribution in [1.29, 1.82) is 0 Å². The molecule has 0 saturated carbocycles. The third-order valence-corrected chi connectivity index (χ3v) is 2.76. The summed E-state index contributed by atoms with van der Waals surface area (Å²) in [6.45, 7) is 3.88. The molecule has 1 aromatic heterocycles. The predicted octanol–water partition coefficient (Wildman–Crippen LogP) is 1.80. The highest BCUT2D eigenvalue weighted by Crippen LogP contribution is 2.27. The van der Waals surface area contributed by atoms with Crippen LogP contribution in [0.1, 0.15) is 0 Å². The molecule has 0 aromatic carbocycles. The number of hydrogen-bond acceptors (Lipinski definition) is 3. The van der Waals surface area contributed by atoms with Crippen LogP contribution in [0, 0.1) is 0 Å². The number of aromatic nitrogens is 1. The van der Waals surface area contributed by atoms with Gasteiger partial charge in [0, 0.05) is 38.4 Å². The van der Waals surface area contributed by atoms with Crippen molar-refractivity contribution < 1.29 is 0 Å². The lowest BCUT2D eigenvalue weighted by molar-refractivity contribution is 0.589. The second kappa shape index (κ2) is 4.34. The van der Waals surface area contributed by atoms with Crippen LogP contribution in [0.2, 0.25) is 10.2 Å². The molecule has 0 unspecified atom stereocenters. The van der Waals surface area contributed by atoms with Crippen LogP contribution >= 0.6 is 23.2 Å². The van der Waals surface area contributed by atoms with Gasteiger partial charge in [-0.3, -0.25) is 0 Å². The molecule has 0 atom stereocenters. The van der Waals surface area contributed by atoms with Crippen LogP contribution in [0.15, 0.2) is 12.3 Å². The van der Waals surface area contributed by atoms with Gasteiger partial charge in [-0.15, -0.1) is 0 Å². The number of pyridine rings is 1. The molecule has 0 aliphatic carbocycles. The zero-order valence-electron chi connectivity index (χ0n) is 7.63. The Morgan fingerprint density at radius 2 is 2.00 bits per heavy atom. The van der Waals surface area contributed by atoms with E-state index in [1.807, 2.05) is 6.07 Å². The Labute approximate surface area is 93.0 Å². The van der Waals surface area contributed by atoms with Crippen molar-refractivity contribution in [3.8, 4) is 0 Å². The second-order valence-electron chi connectivity index (χ2n) is 3.20. The lowest BCUT2D eigenvalue weighted by atomic mass is 10.3. The first-order chi connectivity index (χ1) is 6.77. The lowest BCUT2D eigenvalue weighted by Crippen LogP contribution is -2.43. The van der Waals surface area contributed by atoms with Crippen molar-refractivity contribution in [2.45, 2.75) is 0 Å². The normalized spacial score (nSPS) is 17.1. The van der Waals surface area contributed by atoms with Crippen molar-refractivity contribution in [2.24, 2.45) is 0 Å². The molecular formula is C9H11Cl2N3. The number of anilines is 1. The van der Waals surface area contributed by atoms with Gasteiger partial charge in [-0.05, 0) is 0 Å². The maximum absolute atomic E-state index is 6.05. The maximum atomic E-state index is 6.05. The second-order valence-corrected chi connectivity index (χ2v) is 3.99. The van der Waals surface area contributed by atoms with Gasteiger partial charge in [0.05, 0.1) is 10.7 Å². The van der Waals surface area contributed by atoms with E-state index in [4.69, 9.17) is 23.2 Å². The first kappa shape index (κ1) is 10.0. The Morgan fingerprint density at radius 1 is 1.29 bits per heavy atom. The van der Waals surface area contributed by atoms with Crippen molar-refractivity contribution in [3.05, 3.63) is 22.4 Å². The number of piperazine rings is 1. The molecule has 5 heteroatoms. The van der Waals surface area contributed by atoms with E-state index >= 15 is 0 Å². The monoisotopic (exact) mass is 231 g/mol. The summed E-state index contributed by atoms with van der Waals surface area (Å²) < 4.78 is 0. The summed E-state index contributed by atoms with van der Waals surface area (Å²) in [6, 6.07) is 1.81. The summed E-state index contributed by atoms with van der Waals surface area (Å²) in [6.07, 6.45) is 1.60. The number of rotatable bonds is 1. The Balaban J connectivity index is 2.24. The fourth-order valence-corrected chi connectivity index (χ4v) is 1.93. The van der Waals surface area contributed by atoms with E-state index in [1.165, 1.54) is 0 Å². The van der Waals surface area contributed by atoms with Crippen molar-refractivity contribution >= 4 is 28.9 Å². The minimum Gasteiger partial charge on any atom is -0.368 e. The predicted molar refractivity (Wildman–Crippen MR) is 59.3 cm³/mol. The molecule has 1 aliphatic heterocycles. The summed E-state index contributed by atoms with van der Waals surface area (Å²) in [7, 11) is 0. The molecule has 0 amide bonds. The zero-order valence-corrected chi connectivity index (χ0v) is 9.15. The highest BCUT2D eigenvalue weighted by atomic mass is 35.5. The number of halogens is 2. The van der Waals surface area contributed by atoms with E-state index in [0.717, 1.165) is 31.9 Å². The molecule has 2 heterocycles. The van der Waals surface area contributed by atoms with Gasteiger partial charge in [-0.25, -0.2) is 4.98 Å². The Hall–Kier alpha value is -0.510. The number of hydrogen-bond donors (Lipinski definition) is 1. The van der Waals surface area contributed by atoms with E-state index in [9.17, 15) is 0 Å². The van der Waals surface area contributed by atoms with Gasteiger partial charge in [-0.1, -0.05) is 23.2 Å². The van der Waals surface area contributed by atoms with Gasteiger partial charge in [0.25, 0.3) is 0 Å². The minimum atomic E-state index is 0.489. The third-order valence-electron chi connectivity index (χ3n) is 2.26. The van der Waals surface area contributed by atoms with Gasteiger partial charge in [0.2, 0.25) is 0 Å². The Kier molecular flexibility index (Phi) is 3.11. The largest absolute Gasteiger partial charge is 0.368 e. The summed E-state index contributed by atoms with van der Waals surface area (Å²) in [4.78, 5) is 6.14. The smallest absolute Gasteiger partial charge is 0.131 e. The minimum absolute atomic E-state index is 0.489. The highest BCUT2D eigenvalue weighted by Gasteiger charge is 2.13. The fourth-order valence-electron chi connectivity index (χ4n) is 1.55. The SMILES string of the molecule is Clc1cc(N2CCNCC2)c(Cl)cn1. The highest BCUT2D eigenvalue weighted by molar-refractivity contribution is 6.34. The van der Waals surface area contributed by atoms with Crippen LogP contribution in [-0.4, -0.2) is 31.2 Å². The topological polar surface area (TPSA) is 28.2 Å². The standard InChI is InChI=1S/C9H11Cl2N3/c10-7-6-13-9(11)5-8(7)14-3-1-12-2-4-14/h5-6,12H,1-4H2. The molecular weight excluding hydrogens is 221 g/mol. The molecule has 14 heavy (non-hydrogen) atoms. The van der Waals surface area contributed by atoms with Crippen molar-refractivity contribution in [2.75, 3.05) is 31.1 Å². The fraction of sp³-hybridized carbons (Fsp3) is 0.444. The van der Waals surface area contributed by atoms with E-state index in [-0.39, 0.29) is 0 Å². The summed E-state index contributed by atoms with van der Waals surface area (Å²) in [5.41, 5.74) is 0.980. The van der Waals surface area contributed by atoms with Gasteiger partial charge in [-0.2, -0.15) is 0 Å². The first-order valence-electron chi connectivity index (χ1n) is 4.54. The van der Waals surface area contributed by atoms with Crippen molar-refractivity contribution in [3.63, 3.8) is 0 Å². The van der Waals surface area contributed by atoms with E-state index < -0.39 is 0 Å². The van der Waals surface area contributed by atoms with Gasteiger partial charge >= 0.3 is 0 Å². The van der Waals surface area contributed by atoms with Crippen LogP contribution in [0.4, 0.5) is 5.69 Å². The third kappa shape index (κ3) is 2.11. The molecule has 3 nitrogen and oxygen atoms in total. The molecule has 2 rings (SSSR count). The van der Waals surface area contributed by atoms with Gasteiger partial charge in [0.1, 0.15) is 5.15 Å². The zero-order chi connectivity index (χ0) is 9.97. The Morgan fingerprint density at radius 3 is 2.71 bits per heavy atom. The molecule has 76 valence electrons. The van der Waals surface area contributed by atoms with Crippen LogP contribution in [0.5, 0.6) is 0 Å². The number of nitrogens with zero attached hydrogens (tertiary/aromatic N) is 2. The van der Waals surface area contributed by atoms with Crippen LogP contribution in [0.3, 0.4) is 0 Å². The average Bonchev–Trinajstić information content (AvgIpc) is 2.23. The van der Waals surface area contributed by atoms with Crippen LogP contribution < -0.4 is 10.2 Å². The summed E-state index contributed by atoms with van der Waals surface area (Å²) in [5.74, 6) is 0. The van der Waals surface area contributed by atoms with Gasteiger partial charge < -0.3 is 10.2 Å². The molecule has 1 aliphatic rings. The van der Waals surface area contributed by atoms with Crippen LogP contribution in [0.25, 0.3) is 0 Å². The molecule has 1 saturated heterocycles. The summed E-state index contributed by atoms with van der Waals surface area (Å²) in [5, 5.41) is 4.44. The molecule has 1 aromatic rings. The first-order valence-corrected chi connectivity index (χ1v) is 5.29. The molecule has 0 bridgehead atoms. The molecule has 1 fully saturated rings. The van der Waals surface area contributed by atoms with Gasteiger partial charge in [0.15, 0.2) is 0 Å². The van der Waals surface area contributed by atoms with Crippen molar-refractivity contribution in [1.82, 2.24) is 10.3 Å². The molecule has 1 N–H and O–H groups in total. The molecule has 0 spiro atoms. The van der Waals surface area contributed by atoms with Crippen LogP contribution in [-0.2, 0) is 0 Å². The quantitative estimate of drug-likeness (QED) is 0.748.